The maximum Gasteiger partial charge on any atom is 0.271 e. The molecule has 1 N–H and O–H groups in total. The van der Waals surface area contributed by atoms with Gasteiger partial charge < -0.3 is 24.1 Å². The highest BCUT2D eigenvalue weighted by Crippen LogP contribution is 2.40. The zero-order valence-electron chi connectivity index (χ0n) is 21.8. The molecule has 10 heteroatoms. The molecule has 1 aliphatic heterocycles. The van der Waals surface area contributed by atoms with E-state index in [1.165, 1.54) is 0 Å². The first-order chi connectivity index (χ1) is 18.0. The summed E-state index contributed by atoms with van der Waals surface area (Å²) in [5.41, 5.74) is 4.39. The Kier molecular flexibility index (Phi) is 5.28. The number of nitrogens with one attached hydrogen (secondary N) is 1. The Balaban J connectivity index is 1.31. The van der Waals surface area contributed by atoms with E-state index in [4.69, 9.17) is 14.8 Å². The van der Waals surface area contributed by atoms with Gasteiger partial charge in [-0.3, -0.25) is 9.48 Å². The lowest BCUT2D eigenvalue weighted by molar-refractivity contribution is 0.0657. The number of fused-ring (bicyclic) bond motifs is 3. The Hall–Kier alpha value is -3.40. The summed E-state index contributed by atoms with van der Waals surface area (Å²) in [6.45, 7) is 6.38. The number of hydrogen-bond acceptors (Lipinski definition) is 6. The van der Waals surface area contributed by atoms with Crippen molar-refractivity contribution in [2.75, 3.05) is 18.5 Å². The third-order valence-electron chi connectivity index (χ3n) is 8.06. The first-order valence-corrected chi connectivity index (χ1v) is 13.6. The van der Waals surface area contributed by atoms with Gasteiger partial charge in [-0.2, -0.15) is 5.10 Å². The zero-order valence-corrected chi connectivity index (χ0v) is 21.8. The highest BCUT2D eigenvalue weighted by atomic mass is 16.5. The van der Waals surface area contributed by atoms with Crippen LogP contribution < -0.4 is 5.32 Å². The number of carbonyl (C=O) groups excluding carboxylic acids is 1. The molecule has 0 bridgehead atoms. The molecule has 0 radical (unpaired) electrons. The highest BCUT2D eigenvalue weighted by molar-refractivity contribution is 6.10. The van der Waals surface area contributed by atoms with Crippen molar-refractivity contribution < 1.29 is 9.53 Å². The Morgan fingerprint density at radius 2 is 1.86 bits per heavy atom. The van der Waals surface area contributed by atoms with E-state index in [9.17, 15) is 4.79 Å². The van der Waals surface area contributed by atoms with Gasteiger partial charge in [-0.1, -0.05) is 0 Å². The first kappa shape index (κ1) is 22.8. The van der Waals surface area contributed by atoms with Gasteiger partial charge in [0.05, 0.1) is 17.9 Å². The summed E-state index contributed by atoms with van der Waals surface area (Å²) >= 11 is 0. The average Bonchev–Trinajstić information content (AvgIpc) is 3.82. The van der Waals surface area contributed by atoms with Gasteiger partial charge in [0, 0.05) is 56.0 Å². The first-order valence-electron chi connectivity index (χ1n) is 13.6. The number of ether oxygens (including phenoxy) is 1. The molecule has 0 unspecified atom stereocenters. The van der Waals surface area contributed by atoms with E-state index in [1.807, 2.05) is 24.0 Å². The van der Waals surface area contributed by atoms with E-state index in [0.717, 1.165) is 91.0 Å². The SMILES string of the molecule is CCn1c(C(=O)N(C2CC2)C2CC2)cc2c3c(ncn3C)c(Nc3cc(C)n(C4CCOCC4)n3)nc21. The van der Waals surface area contributed by atoms with Gasteiger partial charge in [0.2, 0.25) is 0 Å². The number of amides is 1. The van der Waals surface area contributed by atoms with Crippen molar-refractivity contribution in [3.05, 3.63) is 29.8 Å². The fourth-order valence-electron chi connectivity index (χ4n) is 5.93. The van der Waals surface area contributed by atoms with Crippen LogP contribution in [0.2, 0.25) is 0 Å². The minimum absolute atomic E-state index is 0.139. The number of carbonyl (C=O) groups is 1. The fourth-order valence-corrected chi connectivity index (χ4v) is 5.93. The highest BCUT2D eigenvalue weighted by Gasteiger charge is 2.43. The Morgan fingerprint density at radius 1 is 1.14 bits per heavy atom. The van der Waals surface area contributed by atoms with Crippen LogP contribution in [0.15, 0.2) is 18.5 Å². The minimum atomic E-state index is 0.139. The van der Waals surface area contributed by atoms with Gasteiger partial charge in [-0.15, -0.1) is 0 Å². The van der Waals surface area contributed by atoms with Crippen LogP contribution in [0.3, 0.4) is 0 Å². The summed E-state index contributed by atoms with van der Waals surface area (Å²) in [5, 5.41) is 9.30. The van der Waals surface area contributed by atoms with Gasteiger partial charge in [0.1, 0.15) is 16.9 Å². The van der Waals surface area contributed by atoms with Crippen LogP contribution in [0.4, 0.5) is 11.6 Å². The van der Waals surface area contributed by atoms with Gasteiger partial charge in [0.15, 0.2) is 11.6 Å². The normalized spacial score (nSPS) is 18.7. The molecule has 0 spiro atoms. The topological polar surface area (TPSA) is 95.0 Å². The zero-order chi connectivity index (χ0) is 25.3. The summed E-state index contributed by atoms with van der Waals surface area (Å²) in [5.74, 6) is 1.55. The Morgan fingerprint density at radius 3 is 2.54 bits per heavy atom. The number of anilines is 2. The maximum absolute atomic E-state index is 13.8. The molecule has 0 aromatic carbocycles. The van der Waals surface area contributed by atoms with E-state index in [1.54, 1.807) is 0 Å². The Labute approximate surface area is 215 Å². The lowest BCUT2D eigenvalue weighted by Gasteiger charge is -2.23. The summed E-state index contributed by atoms with van der Waals surface area (Å²) in [6, 6.07) is 5.25. The third kappa shape index (κ3) is 3.80. The number of imidazole rings is 1. The quantitative estimate of drug-likeness (QED) is 0.405. The molecule has 194 valence electrons. The lowest BCUT2D eigenvalue weighted by atomic mass is 10.1. The van der Waals surface area contributed by atoms with Gasteiger partial charge in [0.25, 0.3) is 5.91 Å². The number of pyridine rings is 1. The molecule has 5 heterocycles. The Bertz CT molecular complexity index is 1490. The van der Waals surface area contributed by atoms with E-state index in [0.29, 0.717) is 30.5 Å². The molecular formula is C27H34N8O2. The van der Waals surface area contributed by atoms with Crippen LogP contribution >= 0.6 is 0 Å². The molecular weight excluding hydrogens is 468 g/mol. The molecule has 4 aromatic heterocycles. The minimum Gasteiger partial charge on any atom is -0.381 e. The van der Waals surface area contributed by atoms with Crippen LogP contribution in [0.5, 0.6) is 0 Å². The van der Waals surface area contributed by atoms with Crippen LogP contribution in [0, 0.1) is 6.92 Å². The number of aryl methyl sites for hydroxylation is 3. The van der Waals surface area contributed by atoms with Crippen LogP contribution in [0.1, 0.15) is 67.7 Å². The van der Waals surface area contributed by atoms with Crippen LogP contribution in [0.25, 0.3) is 22.1 Å². The van der Waals surface area contributed by atoms with E-state index in [2.05, 4.69) is 44.4 Å². The predicted octanol–water partition coefficient (Wildman–Crippen LogP) is 4.31. The number of hydrogen-bond donors (Lipinski definition) is 1. The standard InChI is InChI=1S/C27H34N8O2/c1-4-33-21(27(36)34(17-5-6-17)18-7-8-18)14-20-24-23(28-15-32(24)3)25(30-26(20)33)29-22-13-16(2)35(31-22)19-9-11-37-12-10-19/h13-15,17-19H,4-12H2,1-3H3,(H,29,30,31). The van der Waals surface area contributed by atoms with E-state index in [-0.39, 0.29) is 5.91 Å². The van der Waals surface area contributed by atoms with Crippen molar-refractivity contribution >= 4 is 39.6 Å². The van der Waals surface area contributed by atoms with Crippen molar-refractivity contribution in [1.82, 2.24) is 33.8 Å². The summed E-state index contributed by atoms with van der Waals surface area (Å²) in [6.07, 6.45) is 8.22. The van der Waals surface area contributed by atoms with Crippen LogP contribution in [-0.4, -0.2) is 65.0 Å². The summed E-state index contributed by atoms with van der Waals surface area (Å²) in [4.78, 5) is 25.7. The molecule has 3 aliphatic rings. The molecule has 1 saturated heterocycles. The van der Waals surface area contributed by atoms with Crippen molar-refractivity contribution in [2.24, 2.45) is 7.05 Å². The molecule has 10 nitrogen and oxygen atoms in total. The molecule has 7 rings (SSSR count). The third-order valence-corrected chi connectivity index (χ3v) is 8.06. The molecule has 1 amide bonds. The number of rotatable bonds is 7. The second-order valence-electron chi connectivity index (χ2n) is 10.8. The lowest BCUT2D eigenvalue weighted by Crippen LogP contribution is -2.36. The van der Waals surface area contributed by atoms with E-state index < -0.39 is 0 Å². The molecule has 2 saturated carbocycles. The monoisotopic (exact) mass is 502 g/mol. The number of nitrogens with zero attached hydrogens (tertiary/aromatic N) is 7. The van der Waals surface area contributed by atoms with Crippen LogP contribution in [-0.2, 0) is 18.3 Å². The van der Waals surface area contributed by atoms with Gasteiger partial charge >= 0.3 is 0 Å². The molecule has 4 aromatic rings. The maximum atomic E-state index is 13.8. The van der Waals surface area contributed by atoms with Crippen molar-refractivity contribution in [1.29, 1.82) is 0 Å². The van der Waals surface area contributed by atoms with E-state index >= 15 is 0 Å². The average molecular weight is 503 g/mol. The van der Waals surface area contributed by atoms with Crippen molar-refractivity contribution in [3.8, 4) is 0 Å². The summed E-state index contributed by atoms with van der Waals surface area (Å²) < 4.78 is 11.7. The molecule has 3 fully saturated rings. The predicted molar refractivity (Wildman–Crippen MR) is 141 cm³/mol. The number of aromatic nitrogens is 6. The van der Waals surface area contributed by atoms with Crippen molar-refractivity contribution in [2.45, 2.75) is 77.0 Å². The second kappa shape index (κ2) is 8.58. The molecule has 0 atom stereocenters. The van der Waals surface area contributed by atoms with Gasteiger partial charge in [-0.05, 0) is 58.4 Å². The molecule has 37 heavy (non-hydrogen) atoms. The smallest absolute Gasteiger partial charge is 0.271 e. The summed E-state index contributed by atoms with van der Waals surface area (Å²) in [7, 11) is 1.99. The molecule has 2 aliphatic carbocycles. The fraction of sp³-hybridized carbons (Fsp3) is 0.556. The van der Waals surface area contributed by atoms with Gasteiger partial charge in [-0.25, -0.2) is 9.97 Å². The van der Waals surface area contributed by atoms with Crippen molar-refractivity contribution in [3.63, 3.8) is 0 Å². The largest absolute Gasteiger partial charge is 0.381 e. The second-order valence-corrected chi connectivity index (χ2v) is 10.8.